The number of rotatable bonds is 14. The second kappa shape index (κ2) is 15.9. The molecule has 2 N–H and O–H groups in total. The fourth-order valence-corrected chi connectivity index (χ4v) is 12.9. The summed E-state index contributed by atoms with van der Waals surface area (Å²) in [7, 11) is 0.828. The molecule has 0 aliphatic carbocycles. The molecule has 1 fully saturated rings. The first kappa shape index (κ1) is 38.7. The molecule has 2 aliphatic rings. The Morgan fingerprint density at radius 2 is 1.70 bits per heavy atom. The minimum Gasteiger partial charge on any atom is -0.497 e. The highest BCUT2D eigenvalue weighted by Crippen LogP contribution is 2.60. The first-order valence-electron chi connectivity index (χ1n) is 19.0. The van der Waals surface area contributed by atoms with Crippen molar-refractivity contribution in [3.8, 4) is 11.5 Å². The summed E-state index contributed by atoms with van der Waals surface area (Å²) >= 11 is 0. The van der Waals surface area contributed by atoms with Gasteiger partial charge >= 0.3 is 0 Å². The van der Waals surface area contributed by atoms with Crippen LogP contribution in [0.3, 0.4) is 0 Å². The lowest BCUT2D eigenvalue weighted by Gasteiger charge is -2.37. The van der Waals surface area contributed by atoms with E-state index in [-0.39, 0.29) is 41.9 Å². The van der Waals surface area contributed by atoms with Crippen LogP contribution in [-0.4, -0.2) is 73.5 Å². The van der Waals surface area contributed by atoms with Gasteiger partial charge in [-0.15, -0.1) is 11.7 Å². The van der Waals surface area contributed by atoms with Gasteiger partial charge in [0, 0.05) is 42.0 Å². The summed E-state index contributed by atoms with van der Waals surface area (Å²) in [6.07, 6.45) is 3.85. The molecule has 1 saturated heterocycles. The molecule has 0 saturated carbocycles. The van der Waals surface area contributed by atoms with Gasteiger partial charge in [-0.3, -0.25) is 14.3 Å². The van der Waals surface area contributed by atoms with E-state index in [1.165, 1.54) is 5.19 Å². The van der Waals surface area contributed by atoms with Gasteiger partial charge in [0.15, 0.2) is 5.60 Å². The lowest BCUT2D eigenvalue weighted by atomic mass is 9.82. The summed E-state index contributed by atoms with van der Waals surface area (Å²) in [6, 6.07) is 30.6. The highest BCUT2D eigenvalue weighted by Gasteiger charge is 2.66. The number of nitrogens with zero attached hydrogens (tertiary/aromatic N) is 4. The van der Waals surface area contributed by atoms with E-state index in [1.807, 2.05) is 66.9 Å². The number of amides is 2. The fourth-order valence-electron chi connectivity index (χ4n) is 8.81. The summed E-state index contributed by atoms with van der Waals surface area (Å²) < 4.78 is 19.9. The van der Waals surface area contributed by atoms with E-state index in [9.17, 15) is 14.7 Å². The van der Waals surface area contributed by atoms with Crippen LogP contribution in [0.4, 0.5) is 11.4 Å². The van der Waals surface area contributed by atoms with Gasteiger partial charge in [-0.05, 0) is 72.1 Å². The lowest BCUT2D eigenvalue weighted by Crippen LogP contribution is -2.51. The molecule has 7 rings (SSSR count). The number of hydrogen-bond donors (Lipinski definition) is 2. The minimum absolute atomic E-state index is 0.00794. The number of aromatic nitrogens is 3. The smallest absolute Gasteiger partial charge is 0.264 e. The van der Waals surface area contributed by atoms with Crippen LogP contribution in [-0.2, 0) is 21.7 Å². The molecule has 56 heavy (non-hydrogen) atoms. The van der Waals surface area contributed by atoms with Crippen LogP contribution in [0, 0.1) is 5.92 Å². The zero-order valence-corrected chi connectivity index (χ0v) is 33.5. The monoisotopic (exact) mass is 771 g/mol. The van der Waals surface area contributed by atoms with Gasteiger partial charge < -0.3 is 29.5 Å². The van der Waals surface area contributed by atoms with Crippen molar-refractivity contribution in [2.75, 3.05) is 37.6 Å². The second-order valence-electron chi connectivity index (χ2n) is 15.1. The number of aryl methyl sites for hydroxylation is 1. The number of aliphatic hydroxyl groups is 1. The van der Waals surface area contributed by atoms with Gasteiger partial charge in [-0.25, -0.2) is 0 Å². The van der Waals surface area contributed by atoms with E-state index in [0.29, 0.717) is 42.2 Å². The quantitative estimate of drug-likeness (QED) is 0.0967. The molecule has 5 aromatic rings. The van der Waals surface area contributed by atoms with Gasteiger partial charge in [0.05, 0.1) is 52.3 Å². The maximum absolute atomic E-state index is 15.0. The Kier molecular flexibility index (Phi) is 11.0. The van der Waals surface area contributed by atoms with Crippen LogP contribution in [0.1, 0.15) is 46.4 Å². The van der Waals surface area contributed by atoms with Crippen molar-refractivity contribution >= 4 is 36.4 Å². The van der Waals surface area contributed by atoms with Crippen molar-refractivity contribution < 1.29 is 28.9 Å². The van der Waals surface area contributed by atoms with Gasteiger partial charge in [0.25, 0.3) is 11.8 Å². The van der Waals surface area contributed by atoms with Gasteiger partial charge in [-0.1, -0.05) is 79.0 Å². The van der Waals surface area contributed by atoms with E-state index < -0.39 is 13.7 Å². The van der Waals surface area contributed by atoms with Crippen molar-refractivity contribution in [3.05, 3.63) is 138 Å². The average Bonchev–Trinajstić information content (AvgIpc) is 3.88. The molecule has 0 bridgehead atoms. The van der Waals surface area contributed by atoms with Gasteiger partial charge in [-0.2, -0.15) is 0 Å². The Balaban J connectivity index is 1.25. The predicted octanol–water partition coefficient (Wildman–Crippen LogP) is 6.51. The Labute approximate surface area is 328 Å². The van der Waals surface area contributed by atoms with Crippen LogP contribution >= 0.6 is 0 Å². The molecule has 5 atom stereocenters. The van der Waals surface area contributed by atoms with Crippen LogP contribution < -0.4 is 24.9 Å². The van der Waals surface area contributed by atoms with Crippen molar-refractivity contribution in [1.29, 1.82) is 0 Å². The Bertz CT molecular complexity index is 2190. The van der Waals surface area contributed by atoms with E-state index in [0.717, 1.165) is 22.6 Å². The largest absolute Gasteiger partial charge is 0.497 e. The summed E-state index contributed by atoms with van der Waals surface area (Å²) in [5.41, 5.74) is 2.84. The number of ether oxygens (including phenoxy) is 3. The third kappa shape index (κ3) is 6.93. The van der Waals surface area contributed by atoms with Crippen LogP contribution in [0.15, 0.2) is 116 Å². The standard InChI is InChI=1S/C44H49N5O6Si/c1-7-24-49-39-22-15-32(45-42(51)31-13-16-33(53-3)17-14-31)26-37(39)44(43(49)52)29(2)41(56(5,6)35-20-18-34(54-4)19-21-35)40(55-44)23-25-48-27-38(46-47-48)36(28-50)30-11-9-8-10-12-30/h7-22,26-27,29,36,40-41,50H,1,23-25,28H2,2-6H3,(H,45,51)/t29-,36?,40+,41-,44+/m1/s1. The number of hydrogen-bond acceptors (Lipinski definition) is 8. The number of aliphatic hydroxyl groups excluding tert-OH is 1. The Hall–Kier alpha value is -5.56. The summed E-state index contributed by atoms with van der Waals surface area (Å²) in [4.78, 5) is 30.1. The maximum Gasteiger partial charge on any atom is 0.264 e. The number of fused-ring (bicyclic) bond motifs is 2. The zero-order valence-electron chi connectivity index (χ0n) is 32.5. The van der Waals surface area contributed by atoms with Crippen molar-refractivity contribution in [1.82, 2.24) is 15.0 Å². The van der Waals surface area contributed by atoms with Gasteiger partial charge in [0.1, 0.15) is 11.5 Å². The highest BCUT2D eigenvalue weighted by atomic mass is 28.3. The minimum atomic E-state index is -2.42. The van der Waals surface area contributed by atoms with Crippen LogP contribution in [0.5, 0.6) is 11.5 Å². The van der Waals surface area contributed by atoms with E-state index in [1.54, 1.807) is 54.1 Å². The molecule has 1 unspecified atom stereocenters. The van der Waals surface area contributed by atoms with Crippen LogP contribution in [0.2, 0.25) is 18.6 Å². The molecule has 2 aliphatic heterocycles. The predicted molar refractivity (Wildman–Crippen MR) is 220 cm³/mol. The molecule has 12 heteroatoms. The number of methoxy groups -OCH3 is 2. The number of carbonyl (C=O) groups is 2. The Morgan fingerprint density at radius 1 is 1.02 bits per heavy atom. The molecule has 3 heterocycles. The van der Waals surface area contributed by atoms with E-state index in [2.05, 4.69) is 54.4 Å². The molecular formula is C44H49N5O6Si. The molecule has 0 radical (unpaired) electrons. The highest BCUT2D eigenvalue weighted by molar-refractivity contribution is 6.91. The number of anilines is 2. The molecule has 11 nitrogen and oxygen atoms in total. The normalized spacial score (nSPS) is 20.9. The Morgan fingerprint density at radius 3 is 2.34 bits per heavy atom. The number of benzene rings is 4. The second-order valence-corrected chi connectivity index (χ2v) is 19.8. The van der Waals surface area contributed by atoms with Crippen molar-refractivity contribution in [3.63, 3.8) is 0 Å². The van der Waals surface area contributed by atoms with Crippen molar-refractivity contribution in [2.24, 2.45) is 5.92 Å². The van der Waals surface area contributed by atoms with Crippen molar-refractivity contribution in [2.45, 2.75) is 56.1 Å². The molecule has 1 aromatic heterocycles. The van der Waals surface area contributed by atoms with Crippen LogP contribution in [0.25, 0.3) is 0 Å². The topological polar surface area (TPSA) is 128 Å². The summed E-state index contributed by atoms with van der Waals surface area (Å²) in [5.74, 6) is 0.486. The first-order valence-corrected chi connectivity index (χ1v) is 22.0. The average molecular weight is 772 g/mol. The third-order valence-electron chi connectivity index (χ3n) is 11.7. The van der Waals surface area contributed by atoms with E-state index in [4.69, 9.17) is 14.2 Å². The molecule has 1 spiro atoms. The summed E-state index contributed by atoms with van der Waals surface area (Å²) in [6.45, 7) is 11.5. The molecule has 290 valence electrons. The van der Waals surface area contributed by atoms with Gasteiger partial charge in [0.2, 0.25) is 0 Å². The molecule has 2 amide bonds. The van der Waals surface area contributed by atoms with E-state index >= 15 is 0 Å². The molecular weight excluding hydrogens is 723 g/mol. The SMILES string of the molecule is C=CCN1C(=O)[C@@]2(O[C@@H](CCn3cc(C(CO)c4ccccc4)nn3)[C@H]([Si](C)(C)c3ccc(OC)cc3)[C@H]2C)c2cc(NC(=O)c3ccc(OC)cc3)ccc21. The number of carbonyl (C=O) groups excluding carboxylic acids is 2. The zero-order chi connectivity index (χ0) is 39.6. The summed E-state index contributed by atoms with van der Waals surface area (Å²) in [5, 5.41) is 23.5. The first-order chi connectivity index (χ1) is 27.0. The fraction of sp³-hybridized carbons (Fsp3) is 0.318. The number of nitrogens with one attached hydrogen (secondary N) is 1. The molecule has 4 aromatic carbocycles. The lowest BCUT2D eigenvalue weighted by molar-refractivity contribution is -0.145. The third-order valence-corrected chi connectivity index (χ3v) is 16.1. The maximum atomic E-state index is 15.0.